The van der Waals surface area contributed by atoms with Crippen LogP contribution in [0, 0.1) is 17.8 Å². The minimum atomic E-state index is 0.811. The summed E-state index contributed by atoms with van der Waals surface area (Å²) in [6, 6.07) is 0. The second-order valence-electron chi connectivity index (χ2n) is 4.42. The molecule has 1 atom stereocenters. The summed E-state index contributed by atoms with van der Waals surface area (Å²) < 4.78 is 0. The largest absolute Gasteiger partial charge is 0.162 e. The van der Waals surface area contributed by atoms with Gasteiger partial charge in [-0.2, -0.15) is 11.8 Å². The fraction of sp³-hybridized carbons (Fsp3) is 1.00. The Hall–Kier alpha value is 0.830. The molecule has 0 aliphatic carbocycles. The lowest BCUT2D eigenvalue weighted by Gasteiger charge is -2.17. The van der Waals surface area contributed by atoms with E-state index in [0.29, 0.717) is 0 Å². The molecule has 0 aromatic heterocycles. The van der Waals surface area contributed by atoms with Crippen molar-refractivity contribution in [2.75, 3.05) is 16.8 Å². The monoisotopic (exact) mass is 266 g/mol. The van der Waals surface area contributed by atoms with Crippen molar-refractivity contribution in [2.45, 2.75) is 34.1 Å². The SMILES string of the molecule is CC(C)CCSCC(CBr)C(C)C. The quantitative estimate of drug-likeness (QED) is 0.485. The van der Waals surface area contributed by atoms with E-state index in [1.165, 1.54) is 17.9 Å². The maximum absolute atomic E-state index is 3.58. The number of halogens is 1. The third kappa shape index (κ3) is 7.87. The van der Waals surface area contributed by atoms with E-state index < -0.39 is 0 Å². The van der Waals surface area contributed by atoms with Crippen molar-refractivity contribution in [3.8, 4) is 0 Å². The van der Waals surface area contributed by atoms with Crippen molar-refractivity contribution in [3.05, 3.63) is 0 Å². The molecule has 0 aliphatic heterocycles. The smallest absolute Gasteiger partial charge is 0.00699 e. The molecule has 0 saturated carbocycles. The van der Waals surface area contributed by atoms with Gasteiger partial charge in [-0.25, -0.2) is 0 Å². The molecule has 0 amide bonds. The van der Waals surface area contributed by atoms with Crippen LogP contribution < -0.4 is 0 Å². The third-order valence-corrected chi connectivity index (χ3v) is 4.33. The van der Waals surface area contributed by atoms with Crippen molar-refractivity contribution < 1.29 is 0 Å². The van der Waals surface area contributed by atoms with E-state index in [1.807, 2.05) is 0 Å². The lowest BCUT2D eigenvalue weighted by atomic mass is 10.0. The van der Waals surface area contributed by atoms with Gasteiger partial charge in [0.1, 0.15) is 0 Å². The highest BCUT2D eigenvalue weighted by atomic mass is 79.9. The molecule has 1 unspecified atom stereocenters. The molecule has 0 aromatic carbocycles. The van der Waals surface area contributed by atoms with Crippen molar-refractivity contribution in [1.82, 2.24) is 0 Å². The number of thioether (sulfide) groups is 1. The van der Waals surface area contributed by atoms with E-state index in [1.54, 1.807) is 0 Å². The lowest BCUT2D eigenvalue weighted by Crippen LogP contribution is -2.13. The summed E-state index contributed by atoms with van der Waals surface area (Å²) in [5.74, 6) is 5.15. The Morgan fingerprint density at radius 2 is 1.77 bits per heavy atom. The highest BCUT2D eigenvalue weighted by molar-refractivity contribution is 9.09. The van der Waals surface area contributed by atoms with Crippen LogP contribution in [0.2, 0.25) is 0 Å². The van der Waals surface area contributed by atoms with Crippen LogP contribution in [0.4, 0.5) is 0 Å². The predicted molar refractivity (Wildman–Crippen MR) is 68.9 cm³/mol. The van der Waals surface area contributed by atoms with Crippen LogP contribution in [0.25, 0.3) is 0 Å². The zero-order chi connectivity index (χ0) is 10.3. The highest BCUT2D eigenvalue weighted by Crippen LogP contribution is 2.20. The van der Waals surface area contributed by atoms with Gasteiger partial charge in [0.05, 0.1) is 0 Å². The molecular weight excluding hydrogens is 244 g/mol. The molecule has 0 nitrogen and oxygen atoms in total. The van der Waals surface area contributed by atoms with Gasteiger partial charge in [0.25, 0.3) is 0 Å². The van der Waals surface area contributed by atoms with E-state index in [-0.39, 0.29) is 0 Å². The van der Waals surface area contributed by atoms with Gasteiger partial charge in [0.2, 0.25) is 0 Å². The summed E-state index contributed by atoms with van der Waals surface area (Å²) in [4.78, 5) is 0. The first kappa shape index (κ1) is 13.8. The zero-order valence-corrected chi connectivity index (χ0v) is 11.7. The summed E-state index contributed by atoms with van der Waals surface area (Å²) in [5.41, 5.74) is 0. The molecule has 0 aliphatic rings. The van der Waals surface area contributed by atoms with Crippen molar-refractivity contribution >= 4 is 27.7 Å². The highest BCUT2D eigenvalue weighted by Gasteiger charge is 2.11. The minimum absolute atomic E-state index is 0.811. The average Bonchev–Trinajstić information content (AvgIpc) is 2.03. The fourth-order valence-corrected chi connectivity index (χ4v) is 3.86. The molecule has 2 heteroatoms. The molecule has 0 saturated heterocycles. The molecule has 0 aromatic rings. The molecule has 0 fully saturated rings. The van der Waals surface area contributed by atoms with E-state index in [4.69, 9.17) is 0 Å². The van der Waals surface area contributed by atoms with E-state index >= 15 is 0 Å². The molecule has 0 bridgehead atoms. The van der Waals surface area contributed by atoms with Crippen molar-refractivity contribution in [3.63, 3.8) is 0 Å². The minimum Gasteiger partial charge on any atom is -0.162 e. The normalized spacial score (nSPS) is 14.1. The van der Waals surface area contributed by atoms with Gasteiger partial charge in [0, 0.05) is 5.33 Å². The summed E-state index contributed by atoms with van der Waals surface area (Å²) in [6.07, 6.45) is 1.36. The predicted octanol–water partition coefficient (Wildman–Crippen LogP) is 4.43. The van der Waals surface area contributed by atoms with Crippen LogP contribution in [0.15, 0.2) is 0 Å². The van der Waals surface area contributed by atoms with Crippen LogP contribution in [-0.2, 0) is 0 Å². The molecule has 13 heavy (non-hydrogen) atoms. The van der Waals surface area contributed by atoms with Crippen LogP contribution in [0.1, 0.15) is 34.1 Å². The Morgan fingerprint density at radius 3 is 2.15 bits per heavy atom. The van der Waals surface area contributed by atoms with Crippen LogP contribution in [0.3, 0.4) is 0 Å². The first-order valence-electron chi connectivity index (χ1n) is 5.21. The Morgan fingerprint density at radius 1 is 1.15 bits per heavy atom. The number of alkyl halides is 1. The average molecular weight is 267 g/mol. The third-order valence-electron chi connectivity index (χ3n) is 2.31. The van der Waals surface area contributed by atoms with Gasteiger partial charge in [-0.15, -0.1) is 0 Å². The number of rotatable bonds is 7. The zero-order valence-electron chi connectivity index (χ0n) is 9.35. The molecule has 0 rings (SSSR count). The van der Waals surface area contributed by atoms with Crippen molar-refractivity contribution in [2.24, 2.45) is 17.8 Å². The molecule has 0 radical (unpaired) electrons. The second kappa shape index (κ2) is 8.16. The summed E-state index contributed by atoms with van der Waals surface area (Å²) in [6.45, 7) is 9.22. The van der Waals surface area contributed by atoms with Crippen molar-refractivity contribution in [1.29, 1.82) is 0 Å². The first-order chi connectivity index (χ1) is 6.07. The number of hydrogen-bond acceptors (Lipinski definition) is 1. The lowest BCUT2D eigenvalue weighted by molar-refractivity contribution is 0.474. The first-order valence-corrected chi connectivity index (χ1v) is 7.49. The Labute approximate surface area is 96.4 Å². The van der Waals surface area contributed by atoms with Gasteiger partial charge in [-0.05, 0) is 35.7 Å². The summed E-state index contributed by atoms with van der Waals surface area (Å²) >= 11 is 5.70. The van der Waals surface area contributed by atoms with Crippen LogP contribution in [-0.4, -0.2) is 16.8 Å². The van der Waals surface area contributed by atoms with Gasteiger partial charge < -0.3 is 0 Å². The molecule has 0 spiro atoms. The molecule has 0 heterocycles. The molecule has 0 N–H and O–H groups in total. The molecule has 80 valence electrons. The van der Waals surface area contributed by atoms with Crippen LogP contribution in [0.5, 0.6) is 0 Å². The van der Waals surface area contributed by atoms with Gasteiger partial charge in [-0.3, -0.25) is 0 Å². The standard InChI is InChI=1S/C11H23BrS/c1-9(2)5-6-13-8-11(7-12)10(3)4/h9-11H,5-8H2,1-4H3. The molecular formula is C11H23BrS. The van der Waals surface area contributed by atoms with E-state index in [2.05, 4.69) is 55.4 Å². The van der Waals surface area contributed by atoms with Gasteiger partial charge in [-0.1, -0.05) is 43.6 Å². The summed E-state index contributed by atoms with van der Waals surface area (Å²) in [7, 11) is 0. The maximum atomic E-state index is 3.58. The topological polar surface area (TPSA) is 0 Å². The Bertz CT molecular complexity index is 113. The van der Waals surface area contributed by atoms with E-state index in [0.717, 1.165) is 23.1 Å². The number of hydrogen-bond donors (Lipinski definition) is 0. The van der Waals surface area contributed by atoms with E-state index in [9.17, 15) is 0 Å². The Kier molecular flexibility index (Phi) is 8.69. The van der Waals surface area contributed by atoms with Gasteiger partial charge in [0.15, 0.2) is 0 Å². The Balaban J connectivity index is 3.39. The van der Waals surface area contributed by atoms with Gasteiger partial charge >= 0.3 is 0 Å². The fourth-order valence-electron chi connectivity index (χ4n) is 0.969. The maximum Gasteiger partial charge on any atom is 0.00699 e. The summed E-state index contributed by atoms with van der Waals surface area (Å²) in [5, 5.41) is 1.15. The second-order valence-corrected chi connectivity index (χ2v) is 6.21. The van der Waals surface area contributed by atoms with Crippen LogP contribution >= 0.6 is 27.7 Å².